The molecule has 0 saturated heterocycles. The highest BCUT2D eigenvalue weighted by atomic mass is 32.2. The third-order valence-electron chi connectivity index (χ3n) is 1.80. The van der Waals surface area contributed by atoms with Crippen LogP contribution in [0, 0.1) is 5.92 Å². The summed E-state index contributed by atoms with van der Waals surface area (Å²) >= 11 is -2.23. The van der Waals surface area contributed by atoms with Crippen molar-refractivity contribution in [3.8, 4) is 0 Å². The van der Waals surface area contributed by atoms with Gasteiger partial charge >= 0.3 is 0 Å². The second-order valence-electron chi connectivity index (χ2n) is 3.63. The van der Waals surface area contributed by atoms with Gasteiger partial charge in [0.1, 0.15) is 0 Å². The van der Waals surface area contributed by atoms with Crippen LogP contribution in [0.15, 0.2) is 24.3 Å². The third-order valence-corrected chi connectivity index (χ3v) is 2.20. The van der Waals surface area contributed by atoms with Gasteiger partial charge in [0.2, 0.25) is 0 Å². The highest BCUT2D eigenvalue weighted by Crippen LogP contribution is 2.13. The number of rotatable bonds is 4. The van der Waals surface area contributed by atoms with E-state index in [0.717, 1.165) is 6.42 Å². The predicted octanol–water partition coefficient (Wildman–Crippen LogP) is 2.09. The van der Waals surface area contributed by atoms with Crippen LogP contribution in [0.25, 0.3) is 0 Å². The summed E-state index contributed by atoms with van der Waals surface area (Å²) in [5, 5.41) is 0. The Morgan fingerprint density at radius 1 is 1.36 bits per heavy atom. The van der Waals surface area contributed by atoms with Gasteiger partial charge in [-0.05, 0) is 30.0 Å². The van der Waals surface area contributed by atoms with Gasteiger partial charge in [-0.1, -0.05) is 26.0 Å². The van der Waals surface area contributed by atoms with E-state index in [0.29, 0.717) is 11.6 Å². The van der Waals surface area contributed by atoms with E-state index in [9.17, 15) is 8.76 Å². The Bertz CT molecular complexity index is 308. The zero-order chi connectivity index (χ0) is 10.6. The van der Waals surface area contributed by atoms with E-state index >= 15 is 0 Å². The smallest absolute Gasteiger partial charge is 0.0452 e. The molecule has 0 heterocycles. The molecule has 0 aliphatic rings. The molecule has 1 unspecified atom stereocenters. The molecule has 14 heavy (non-hydrogen) atoms. The van der Waals surface area contributed by atoms with E-state index in [1.165, 1.54) is 5.56 Å². The maximum atomic E-state index is 10.3. The number of nitrogens with one attached hydrogen (secondary N) is 1. The molecule has 0 bridgehead atoms. The third kappa shape index (κ3) is 3.89. The van der Waals surface area contributed by atoms with Crippen molar-refractivity contribution in [2.24, 2.45) is 5.92 Å². The highest BCUT2D eigenvalue weighted by Gasteiger charge is 1.97. The van der Waals surface area contributed by atoms with Gasteiger partial charge in [0.05, 0.1) is 0 Å². The van der Waals surface area contributed by atoms with Gasteiger partial charge in [0.15, 0.2) is 0 Å². The zero-order valence-electron chi connectivity index (χ0n) is 8.32. The van der Waals surface area contributed by atoms with Crippen molar-refractivity contribution in [3.05, 3.63) is 29.8 Å². The number of benzene rings is 1. The van der Waals surface area contributed by atoms with Crippen molar-refractivity contribution in [1.29, 1.82) is 0 Å². The molecule has 3 nitrogen and oxygen atoms in total. The van der Waals surface area contributed by atoms with Crippen molar-refractivity contribution >= 4 is 17.0 Å². The number of anilines is 1. The van der Waals surface area contributed by atoms with Gasteiger partial charge < -0.3 is 9.27 Å². The molecular formula is C10H14NO2S-. The Kier molecular flexibility index (Phi) is 4.10. The van der Waals surface area contributed by atoms with Gasteiger partial charge in [-0.15, -0.1) is 0 Å². The number of hydrogen-bond acceptors (Lipinski definition) is 2. The minimum Gasteiger partial charge on any atom is -0.755 e. The summed E-state index contributed by atoms with van der Waals surface area (Å²) in [6.45, 7) is 4.30. The normalized spacial score (nSPS) is 12.9. The summed E-state index contributed by atoms with van der Waals surface area (Å²) in [6, 6.07) is 7.42. The molecule has 0 saturated carbocycles. The largest absolute Gasteiger partial charge is 0.755 e. The van der Waals surface area contributed by atoms with Crippen molar-refractivity contribution in [2.45, 2.75) is 20.3 Å². The molecule has 1 atom stereocenters. The molecule has 0 aliphatic carbocycles. The minimum atomic E-state index is -2.23. The fourth-order valence-corrected chi connectivity index (χ4v) is 1.61. The average molecular weight is 212 g/mol. The molecule has 0 spiro atoms. The van der Waals surface area contributed by atoms with Crippen LogP contribution in [0.2, 0.25) is 0 Å². The van der Waals surface area contributed by atoms with Gasteiger partial charge in [0.25, 0.3) is 0 Å². The molecular weight excluding hydrogens is 198 g/mol. The number of hydrogen-bond donors (Lipinski definition) is 1. The van der Waals surface area contributed by atoms with Crippen LogP contribution in [0.3, 0.4) is 0 Å². The van der Waals surface area contributed by atoms with Crippen LogP contribution >= 0.6 is 0 Å². The first-order valence-corrected chi connectivity index (χ1v) is 5.60. The molecule has 0 radical (unpaired) electrons. The van der Waals surface area contributed by atoms with E-state index in [1.807, 2.05) is 12.1 Å². The van der Waals surface area contributed by atoms with E-state index in [2.05, 4.69) is 18.6 Å². The molecule has 78 valence electrons. The summed E-state index contributed by atoms with van der Waals surface area (Å²) in [6.07, 6.45) is 1.01. The lowest BCUT2D eigenvalue weighted by Crippen LogP contribution is -2.02. The topological polar surface area (TPSA) is 52.2 Å². The molecule has 1 N–H and O–H groups in total. The molecule has 0 aromatic heterocycles. The quantitative estimate of drug-likeness (QED) is 0.777. The predicted molar refractivity (Wildman–Crippen MR) is 57.5 cm³/mol. The lowest BCUT2D eigenvalue weighted by atomic mass is 10.0. The molecule has 4 heteroatoms. The summed E-state index contributed by atoms with van der Waals surface area (Å²) in [5.41, 5.74) is 1.83. The van der Waals surface area contributed by atoms with Crippen molar-refractivity contribution in [1.82, 2.24) is 0 Å². The zero-order valence-corrected chi connectivity index (χ0v) is 9.14. The van der Waals surface area contributed by atoms with Crippen molar-refractivity contribution in [2.75, 3.05) is 4.72 Å². The van der Waals surface area contributed by atoms with Crippen LogP contribution < -0.4 is 4.72 Å². The highest BCUT2D eigenvalue weighted by molar-refractivity contribution is 7.80. The van der Waals surface area contributed by atoms with Gasteiger partial charge in [0, 0.05) is 17.0 Å². The first-order chi connectivity index (χ1) is 6.58. The van der Waals surface area contributed by atoms with Gasteiger partial charge in [-0.2, -0.15) is 0 Å². The van der Waals surface area contributed by atoms with E-state index < -0.39 is 11.3 Å². The van der Waals surface area contributed by atoms with Crippen LogP contribution in [0.1, 0.15) is 19.4 Å². The van der Waals surface area contributed by atoms with Crippen LogP contribution in [-0.4, -0.2) is 8.76 Å². The van der Waals surface area contributed by atoms with Crippen LogP contribution in [-0.2, 0) is 17.7 Å². The molecule has 1 aromatic rings. The standard InChI is InChI=1S/C10H15NO2S/c1-8(2)7-9-3-5-10(6-4-9)11-14(12)13/h3-6,8,11H,7H2,1-2H3,(H,12,13)/p-1. The van der Waals surface area contributed by atoms with Crippen molar-refractivity contribution < 1.29 is 8.76 Å². The first-order valence-electron chi connectivity index (χ1n) is 4.53. The van der Waals surface area contributed by atoms with E-state index in [4.69, 9.17) is 0 Å². The summed E-state index contributed by atoms with van der Waals surface area (Å²) in [5.74, 6) is 0.613. The fraction of sp³-hybridized carbons (Fsp3) is 0.400. The van der Waals surface area contributed by atoms with E-state index in [1.54, 1.807) is 12.1 Å². The first kappa shape index (κ1) is 11.2. The van der Waals surface area contributed by atoms with Crippen molar-refractivity contribution in [3.63, 3.8) is 0 Å². The lowest BCUT2D eigenvalue weighted by Gasteiger charge is -2.09. The lowest BCUT2D eigenvalue weighted by molar-refractivity contribution is 0.542. The maximum absolute atomic E-state index is 10.3. The molecule has 1 rings (SSSR count). The second-order valence-corrected chi connectivity index (χ2v) is 4.31. The Morgan fingerprint density at radius 2 is 1.93 bits per heavy atom. The minimum absolute atomic E-state index is 0.603. The summed E-state index contributed by atoms with van der Waals surface area (Å²) < 4.78 is 22.9. The summed E-state index contributed by atoms with van der Waals surface area (Å²) in [7, 11) is 0. The molecule has 0 fully saturated rings. The Labute approximate surface area is 87.0 Å². The fourth-order valence-electron chi connectivity index (χ4n) is 1.28. The van der Waals surface area contributed by atoms with E-state index in [-0.39, 0.29) is 0 Å². The SMILES string of the molecule is CC(C)Cc1ccc(NS(=O)[O-])cc1. The maximum Gasteiger partial charge on any atom is 0.0452 e. The van der Waals surface area contributed by atoms with Gasteiger partial charge in [-0.3, -0.25) is 4.21 Å². The summed E-state index contributed by atoms with van der Waals surface area (Å²) in [4.78, 5) is 0. The second kappa shape index (κ2) is 5.12. The van der Waals surface area contributed by atoms with Crippen LogP contribution in [0.5, 0.6) is 0 Å². The Balaban J connectivity index is 2.63. The Hall–Kier alpha value is -0.870. The molecule has 0 amide bonds. The van der Waals surface area contributed by atoms with Crippen LogP contribution in [0.4, 0.5) is 5.69 Å². The molecule has 1 aromatic carbocycles. The average Bonchev–Trinajstić information content (AvgIpc) is 2.06. The molecule has 0 aliphatic heterocycles. The van der Waals surface area contributed by atoms with Gasteiger partial charge in [-0.25, -0.2) is 0 Å². The Morgan fingerprint density at radius 3 is 2.36 bits per heavy atom. The monoisotopic (exact) mass is 212 g/mol.